The molecule has 1 aliphatic carbocycles. The van der Waals surface area contributed by atoms with Crippen LogP contribution in [-0.4, -0.2) is 33.3 Å². The summed E-state index contributed by atoms with van der Waals surface area (Å²) in [5.74, 6) is 0.672. The minimum absolute atomic E-state index is 0.215. The van der Waals surface area contributed by atoms with Gasteiger partial charge in [0, 0.05) is 6.04 Å². The zero-order chi connectivity index (χ0) is 11.4. The molecule has 0 unspecified atom stereocenters. The van der Waals surface area contributed by atoms with Gasteiger partial charge in [0.2, 0.25) is 10.0 Å². The van der Waals surface area contributed by atoms with Gasteiger partial charge >= 0.3 is 0 Å². The summed E-state index contributed by atoms with van der Waals surface area (Å²) in [7, 11) is -3.04. The largest absolute Gasteiger partial charge is 0.317 e. The van der Waals surface area contributed by atoms with Gasteiger partial charge in [0.25, 0.3) is 0 Å². The molecule has 0 spiro atoms. The Balaban J connectivity index is 1.81. The number of nitrogens with one attached hydrogen (secondary N) is 2. The molecule has 16 heavy (non-hydrogen) atoms. The quantitative estimate of drug-likeness (QED) is 0.773. The molecule has 0 bridgehead atoms. The van der Waals surface area contributed by atoms with Crippen LogP contribution < -0.4 is 10.0 Å². The summed E-state index contributed by atoms with van der Waals surface area (Å²) in [4.78, 5) is 0. The number of piperidine rings is 1. The van der Waals surface area contributed by atoms with Crippen molar-refractivity contribution < 1.29 is 8.42 Å². The Hall–Kier alpha value is -0.130. The first-order valence-electron chi connectivity index (χ1n) is 6.36. The summed E-state index contributed by atoms with van der Waals surface area (Å²) in [5, 5.41) is 3.26. The summed E-state index contributed by atoms with van der Waals surface area (Å²) >= 11 is 0. The van der Waals surface area contributed by atoms with Crippen LogP contribution in [0.5, 0.6) is 0 Å². The van der Waals surface area contributed by atoms with Crippen LogP contribution in [0.2, 0.25) is 0 Å². The van der Waals surface area contributed by atoms with Gasteiger partial charge in [-0.05, 0) is 44.7 Å². The lowest BCUT2D eigenvalue weighted by Gasteiger charge is -2.23. The van der Waals surface area contributed by atoms with Gasteiger partial charge < -0.3 is 5.32 Å². The van der Waals surface area contributed by atoms with E-state index < -0.39 is 10.0 Å². The molecule has 1 heterocycles. The Morgan fingerprint density at radius 3 is 2.31 bits per heavy atom. The zero-order valence-electron chi connectivity index (χ0n) is 9.74. The van der Waals surface area contributed by atoms with Crippen LogP contribution >= 0.6 is 0 Å². The van der Waals surface area contributed by atoms with Crippen LogP contribution in [-0.2, 0) is 10.0 Å². The second-order valence-corrected chi connectivity index (χ2v) is 6.87. The number of sulfonamides is 1. The van der Waals surface area contributed by atoms with Crippen molar-refractivity contribution in [1.82, 2.24) is 10.0 Å². The van der Waals surface area contributed by atoms with Crippen LogP contribution in [0.15, 0.2) is 0 Å². The van der Waals surface area contributed by atoms with Gasteiger partial charge in [0.1, 0.15) is 0 Å². The van der Waals surface area contributed by atoms with Gasteiger partial charge in [-0.3, -0.25) is 0 Å². The van der Waals surface area contributed by atoms with Crippen LogP contribution in [0.4, 0.5) is 0 Å². The Morgan fingerprint density at radius 2 is 1.69 bits per heavy atom. The van der Waals surface area contributed by atoms with Gasteiger partial charge in [-0.1, -0.05) is 12.8 Å². The number of rotatable bonds is 4. The van der Waals surface area contributed by atoms with Crippen molar-refractivity contribution in [1.29, 1.82) is 0 Å². The average molecular weight is 246 g/mol. The molecule has 0 aromatic heterocycles. The average Bonchev–Trinajstić information content (AvgIpc) is 2.70. The van der Waals surface area contributed by atoms with E-state index in [0.717, 1.165) is 38.8 Å². The lowest BCUT2D eigenvalue weighted by atomic mass is 10.0. The molecule has 0 amide bonds. The van der Waals surface area contributed by atoms with Gasteiger partial charge in [0.05, 0.1) is 5.75 Å². The molecule has 2 N–H and O–H groups in total. The Bertz CT molecular complexity index is 304. The summed E-state index contributed by atoms with van der Waals surface area (Å²) in [5.41, 5.74) is 0. The SMILES string of the molecule is O=S(=O)(CC1CCNCC1)NC1CCCC1. The highest BCUT2D eigenvalue weighted by molar-refractivity contribution is 7.89. The molecule has 1 aliphatic heterocycles. The van der Waals surface area contributed by atoms with E-state index >= 15 is 0 Å². The van der Waals surface area contributed by atoms with Crippen LogP contribution in [0, 0.1) is 5.92 Å². The summed E-state index contributed by atoms with van der Waals surface area (Å²) in [6, 6.07) is 0.215. The first kappa shape index (κ1) is 12.3. The fourth-order valence-electron chi connectivity index (χ4n) is 2.70. The molecule has 1 saturated heterocycles. The van der Waals surface area contributed by atoms with E-state index in [4.69, 9.17) is 0 Å². The second kappa shape index (κ2) is 5.47. The predicted molar refractivity (Wildman–Crippen MR) is 64.8 cm³/mol. The van der Waals surface area contributed by atoms with Gasteiger partial charge in [-0.25, -0.2) is 13.1 Å². The summed E-state index contributed by atoms with van der Waals surface area (Å²) in [6.07, 6.45) is 6.36. The molecule has 2 fully saturated rings. The maximum Gasteiger partial charge on any atom is 0.212 e. The van der Waals surface area contributed by atoms with Crippen LogP contribution in [0.3, 0.4) is 0 Å². The highest BCUT2D eigenvalue weighted by Crippen LogP contribution is 2.20. The fraction of sp³-hybridized carbons (Fsp3) is 1.00. The molecule has 94 valence electrons. The molecular formula is C11H22N2O2S. The first-order valence-corrected chi connectivity index (χ1v) is 8.02. The number of hydrogen-bond acceptors (Lipinski definition) is 3. The molecule has 0 aromatic rings. The third-order valence-corrected chi connectivity index (χ3v) is 5.22. The third kappa shape index (κ3) is 3.71. The van der Waals surface area contributed by atoms with E-state index in [-0.39, 0.29) is 6.04 Å². The summed E-state index contributed by atoms with van der Waals surface area (Å²) in [6.45, 7) is 1.92. The van der Waals surface area contributed by atoms with E-state index in [1.165, 1.54) is 12.8 Å². The van der Waals surface area contributed by atoms with Gasteiger partial charge in [0.15, 0.2) is 0 Å². The molecule has 0 aromatic carbocycles. The molecule has 4 nitrogen and oxygen atoms in total. The smallest absolute Gasteiger partial charge is 0.212 e. The lowest BCUT2D eigenvalue weighted by Crippen LogP contribution is -2.39. The first-order chi connectivity index (χ1) is 7.66. The highest BCUT2D eigenvalue weighted by Gasteiger charge is 2.25. The minimum atomic E-state index is -3.04. The van der Waals surface area contributed by atoms with Crippen molar-refractivity contribution in [3.63, 3.8) is 0 Å². The van der Waals surface area contributed by atoms with Crippen LogP contribution in [0.25, 0.3) is 0 Å². The summed E-state index contributed by atoms with van der Waals surface area (Å²) < 4.78 is 26.7. The standard InChI is InChI=1S/C11H22N2O2S/c14-16(15,13-11-3-1-2-4-11)9-10-5-7-12-8-6-10/h10-13H,1-9H2. The molecule has 1 saturated carbocycles. The third-order valence-electron chi connectivity index (χ3n) is 3.62. The predicted octanol–water partition coefficient (Wildman–Crippen LogP) is 0.848. The molecular weight excluding hydrogens is 224 g/mol. The second-order valence-electron chi connectivity index (χ2n) is 5.07. The molecule has 2 aliphatic rings. The maximum absolute atomic E-state index is 11.9. The van der Waals surface area contributed by atoms with Crippen molar-refractivity contribution in [2.24, 2.45) is 5.92 Å². The van der Waals surface area contributed by atoms with E-state index in [1.54, 1.807) is 0 Å². The van der Waals surface area contributed by atoms with E-state index in [0.29, 0.717) is 11.7 Å². The van der Waals surface area contributed by atoms with Crippen molar-refractivity contribution in [3.8, 4) is 0 Å². The van der Waals surface area contributed by atoms with E-state index in [2.05, 4.69) is 10.0 Å². The molecule has 5 heteroatoms. The maximum atomic E-state index is 11.9. The lowest BCUT2D eigenvalue weighted by molar-refractivity contribution is 0.399. The van der Waals surface area contributed by atoms with Crippen molar-refractivity contribution in [3.05, 3.63) is 0 Å². The van der Waals surface area contributed by atoms with Gasteiger partial charge in [-0.2, -0.15) is 0 Å². The zero-order valence-corrected chi connectivity index (χ0v) is 10.6. The highest BCUT2D eigenvalue weighted by atomic mass is 32.2. The Kier molecular flexibility index (Phi) is 4.21. The van der Waals surface area contributed by atoms with Gasteiger partial charge in [-0.15, -0.1) is 0 Å². The van der Waals surface area contributed by atoms with E-state index in [9.17, 15) is 8.42 Å². The fourth-order valence-corrected chi connectivity index (χ4v) is 4.50. The van der Waals surface area contributed by atoms with Crippen LogP contribution in [0.1, 0.15) is 38.5 Å². The molecule has 0 radical (unpaired) electrons. The molecule has 0 atom stereocenters. The van der Waals surface area contributed by atoms with E-state index in [1.807, 2.05) is 0 Å². The van der Waals surface area contributed by atoms with Crippen molar-refractivity contribution in [2.75, 3.05) is 18.8 Å². The topological polar surface area (TPSA) is 58.2 Å². The minimum Gasteiger partial charge on any atom is -0.317 e. The van der Waals surface area contributed by atoms with Crippen molar-refractivity contribution >= 4 is 10.0 Å². The Labute approximate surface area is 98.2 Å². The number of hydrogen-bond donors (Lipinski definition) is 2. The monoisotopic (exact) mass is 246 g/mol. The molecule has 2 rings (SSSR count). The Morgan fingerprint density at radius 1 is 1.06 bits per heavy atom. The van der Waals surface area contributed by atoms with Crippen molar-refractivity contribution in [2.45, 2.75) is 44.6 Å². The normalized spacial score (nSPS) is 25.0.